The molecule has 0 fully saturated rings. The highest BCUT2D eigenvalue weighted by atomic mass is 19.1. The highest BCUT2D eigenvalue weighted by molar-refractivity contribution is 5.82. The van der Waals surface area contributed by atoms with Crippen molar-refractivity contribution in [2.45, 2.75) is 19.0 Å². The summed E-state index contributed by atoms with van der Waals surface area (Å²) in [6, 6.07) is 5.05. The zero-order valence-electron chi connectivity index (χ0n) is 9.94. The number of hydrogen-bond acceptors (Lipinski definition) is 3. The van der Waals surface area contributed by atoms with Gasteiger partial charge in [0.05, 0.1) is 12.6 Å². The largest absolute Gasteiger partial charge is 0.383 e. The number of nitrogens with two attached hydrogens (primary N) is 1. The first-order chi connectivity index (χ1) is 8.04. The van der Waals surface area contributed by atoms with Crippen LogP contribution >= 0.6 is 0 Å². The van der Waals surface area contributed by atoms with Gasteiger partial charge < -0.3 is 15.8 Å². The van der Waals surface area contributed by atoms with E-state index in [1.54, 1.807) is 12.1 Å². The van der Waals surface area contributed by atoms with E-state index in [4.69, 9.17) is 10.5 Å². The molecular formula is C12H17FN2O2. The molecule has 0 saturated carbocycles. The van der Waals surface area contributed by atoms with Crippen LogP contribution in [0.5, 0.6) is 0 Å². The van der Waals surface area contributed by atoms with E-state index in [1.807, 2.05) is 6.92 Å². The van der Waals surface area contributed by atoms with E-state index in [0.29, 0.717) is 0 Å². The highest BCUT2D eigenvalue weighted by Crippen LogP contribution is 2.12. The van der Waals surface area contributed by atoms with Crippen LogP contribution in [0.2, 0.25) is 0 Å². The summed E-state index contributed by atoms with van der Waals surface area (Å²) >= 11 is 0. The SMILES string of the molecule is COCC(N)C(=O)NC(C)c1ccc(F)cc1. The van der Waals surface area contributed by atoms with Crippen molar-refractivity contribution >= 4 is 5.91 Å². The van der Waals surface area contributed by atoms with Gasteiger partial charge in [-0.15, -0.1) is 0 Å². The van der Waals surface area contributed by atoms with Gasteiger partial charge in [-0.3, -0.25) is 4.79 Å². The number of benzene rings is 1. The number of amides is 1. The Morgan fingerprint density at radius 3 is 2.59 bits per heavy atom. The fraction of sp³-hybridized carbons (Fsp3) is 0.417. The summed E-state index contributed by atoms with van der Waals surface area (Å²) in [5.74, 6) is -0.591. The lowest BCUT2D eigenvalue weighted by atomic mass is 10.1. The van der Waals surface area contributed by atoms with Crippen molar-refractivity contribution in [2.24, 2.45) is 5.73 Å². The molecule has 1 aromatic carbocycles. The molecule has 3 N–H and O–H groups in total. The molecule has 0 radical (unpaired) electrons. The summed E-state index contributed by atoms with van der Waals surface area (Å²) in [5, 5.41) is 2.73. The number of nitrogens with one attached hydrogen (secondary N) is 1. The van der Waals surface area contributed by atoms with Crippen molar-refractivity contribution in [3.8, 4) is 0 Å². The van der Waals surface area contributed by atoms with Crippen molar-refractivity contribution in [3.63, 3.8) is 0 Å². The first-order valence-electron chi connectivity index (χ1n) is 5.35. The maximum absolute atomic E-state index is 12.7. The Morgan fingerprint density at radius 2 is 2.06 bits per heavy atom. The minimum atomic E-state index is -0.692. The number of hydrogen-bond donors (Lipinski definition) is 2. The predicted octanol–water partition coefficient (Wildman–Crippen LogP) is 0.977. The highest BCUT2D eigenvalue weighted by Gasteiger charge is 2.16. The molecule has 0 aliphatic rings. The van der Waals surface area contributed by atoms with Gasteiger partial charge in [-0.25, -0.2) is 4.39 Å². The van der Waals surface area contributed by atoms with E-state index in [-0.39, 0.29) is 24.4 Å². The molecule has 1 amide bonds. The maximum atomic E-state index is 12.7. The van der Waals surface area contributed by atoms with Crippen molar-refractivity contribution in [1.29, 1.82) is 0 Å². The Bertz CT molecular complexity index is 367. The van der Waals surface area contributed by atoms with Gasteiger partial charge in [0.25, 0.3) is 0 Å². The Labute approximate surface area is 100.0 Å². The molecule has 17 heavy (non-hydrogen) atoms. The van der Waals surface area contributed by atoms with E-state index < -0.39 is 6.04 Å². The van der Waals surface area contributed by atoms with Gasteiger partial charge in [-0.05, 0) is 24.6 Å². The van der Waals surface area contributed by atoms with Crippen LogP contribution in [0, 0.1) is 5.82 Å². The molecule has 2 unspecified atom stereocenters. The monoisotopic (exact) mass is 240 g/mol. The molecule has 0 heterocycles. The number of ether oxygens (including phenoxy) is 1. The number of carbonyl (C=O) groups excluding carboxylic acids is 1. The van der Waals surface area contributed by atoms with Crippen LogP contribution in [0.15, 0.2) is 24.3 Å². The average Bonchev–Trinajstić information content (AvgIpc) is 2.30. The van der Waals surface area contributed by atoms with E-state index in [2.05, 4.69) is 5.32 Å². The molecule has 0 aliphatic heterocycles. The predicted molar refractivity (Wildman–Crippen MR) is 62.8 cm³/mol. The Balaban J connectivity index is 2.57. The zero-order valence-corrected chi connectivity index (χ0v) is 9.94. The van der Waals surface area contributed by atoms with Crippen LogP contribution in [-0.4, -0.2) is 25.7 Å². The van der Waals surface area contributed by atoms with Gasteiger partial charge in [0, 0.05) is 7.11 Å². The lowest BCUT2D eigenvalue weighted by Gasteiger charge is -2.17. The smallest absolute Gasteiger partial charge is 0.239 e. The van der Waals surface area contributed by atoms with Gasteiger partial charge in [-0.2, -0.15) is 0 Å². The summed E-state index contributed by atoms with van der Waals surface area (Å²) in [7, 11) is 1.48. The average molecular weight is 240 g/mol. The van der Waals surface area contributed by atoms with Crippen LogP contribution in [0.1, 0.15) is 18.5 Å². The maximum Gasteiger partial charge on any atom is 0.239 e. The van der Waals surface area contributed by atoms with Crippen molar-refractivity contribution in [2.75, 3.05) is 13.7 Å². The minimum Gasteiger partial charge on any atom is -0.383 e. The molecule has 0 saturated heterocycles. The lowest BCUT2D eigenvalue weighted by Crippen LogP contribution is -2.44. The number of methoxy groups -OCH3 is 1. The van der Waals surface area contributed by atoms with Gasteiger partial charge in [-0.1, -0.05) is 12.1 Å². The van der Waals surface area contributed by atoms with E-state index in [1.165, 1.54) is 19.2 Å². The fourth-order valence-corrected chi connectivity index (χ4v) is 1.41. The fourth-order valence-electron chi connectivity index (χ4n) is 1.41. The van der Waals surface area contributed by atoms with Gasteiger partial charge in [0.15, 0.2) is 0 Å². The molecular weight excluding hydrogens is 223 g/mol. The van der Waals surface area contributed by atoms with E-state index in [0.717, 1.165) is 5.56 Å². The first-order valence-corrected chi connectivity index (χ1v) is 5.35. The van der Waals surface area contributed by atoms with E-state index in [9.17, 15) is 9.18 Å². The second kappa shape index (κ2) is 6.32. The normalized spacial score (nSPS) is 14.1. The molecule has 1 aromatic rings. The number of halogens is 1. The van der Waals surface area contributed by atoms with Gasteiger partial charge >= 0.3 is 0 Å². The Hall–Kier alpha value is -1.46. The third-order valence-corrected chi connectivity index (χ3v) is 2.41. The second-order valence-corrected chi connectivity index (χ2v) is 3.84. The lowest BCUT2D eigenvalue weighted by molar-refractivity contribution is -0.124. The molecule has 1 rings (SSSR count). The topological polar surface area (TPSA) is 64.3 Å². The Kier molecular flexibility index (Phi) is 5.06. The molecule has 0 bridgehead atoms. The summed E-state index contributed by atoms with van der Waals surface area (Å²) in [5.41, 5.74) is 6.40. The summed E-state index contributed by atoms with van der Waals surface area (Å²) in [4.78, 5) is 11.6. The zero-order chi connectivity index (χ0) is 12.8. The van der Waals surface area contributed by atoms with Gasteiger partial charge in [0.2, 0.25) is 5.91 Å². The van der Waals surface area contributed by atoms with E-state index >= 15 is 0 Å². The Morgan fingerprint density at radius 1 is 1.47 bits per heavy atom. The molecule has 0 spiro atoms. The van der Waals surface area contributed by atoms with Crippen LogP contribution < -0.4 is 11.1 Å². The molecule has 0 aliphatic carbocycles. The van der Waals surface area contributed by atoms with Crippen LogP contribution in [0.3, 0.4) is 0 Å². The van der Waals surface area contributed by atoms with Crippen molar-refractivity contribution < 1.29 is 13.9 Å². The standard InChI is InChI=1S/C12H17FN2O2/c1-8(9-3-5-10(13)6-4-9)15-12(16)11(14)7-17-2/h3-6,8,11H,7,14H2,1-2H3,(H,15,16). The number of carbonyl (C=O) groups is 1. The molecule has 2 atom stereocenters. The molecule has 94 valence electrons. The molecule has 4 nitrogen and oxygen atoms in total. The van der Waals surface area contributed by atoms with Gasteiger partial charge in [0.1, 0.15) is 11.9 Å². The third-order valence-electron chi connectivity index (χ3n) is 2.41. The second-order valence-electron chi connectivity index (χ2n) is 3.84. The van der Waals surface area contributed by atoms with Crippen LogP contribution in [0.4, 0.5) is 4.39 Å². The summed E-state index contributed by atoms with van der Waals surface area (Å²) in [6.45, 7) is 1.98. The van der Waals surface area contributed by atoms with Crippen LogP contribution in [-0.2, 0) is 9.53 Å². The number of rotatable bonds is 5. The summed E-state index contributed by atoms with van der Waals surface area (Å²) < 4.78 is 17.5. The third kappa shape index (κ3) is 4.13. The van der Waals surface area contributed by atoms with Crippen molar-refractivity contribution in [3.05, 3.63) is 35.6 Å². The molecule has 5 heteroatoms. The molecule has 0 aromatic heterocycles. The first kappa shape index (κ1) is 13.6. The quantitative estimate of drug-likeness (QED) is 0.806. The van der Waals surface area contributed by atoms with Crippen molar-refractivity contribution in [1.82, 2.24) is 5.32 Å². The van der Waals surface area contributed by atoms with Crippen LogP contribution in [0.25, 0.3) is 0 Å². The summed E-state index contributed by atoms with van der Waals surface area (Å²) in [6.07, 6.45) is 0. The minimum absolute atomic E-state index is 0.169.